The van der Waals surface area contributed by atoms with Gasteiger partial charge >= 0.3 is 6.09 Å². The molecule has 1 aromatic heterocycles. The molecule has 2 aliphatic rings. The number of likely N-dealkylation sites (tertiary alicyclic amines) is 1. The minimum absolute atomic E-state index is 0.164. The summed E-state index contributed by atoms with van der Waals surface area (Å²) in [5.41, 5.74) is 1.17. The molecule has 1 N–H and O–H groups in total. The van der Waals surface area contributed by atoms with E-state index in [4.69, 9.17) is 4.74 Å². The number of carbonyl (C=O) groups excluding carboxylic acids is 1. The van der Waals surface area contributed by atoms with Gasteiger partial charge in [-0.15, -0.1) is 0 Å². The highest BCUT2D eigenvalue weighted by Gasteiger charge is 2.39. The van der Waals surface area contributed by atoms with E-state index in [2.05, 4.69) is 15.1 Å². The molecule has 1 amide bonds. The highest BCUT2D eigenvalue weighted by atomic mass is 16.6. The third-order valence-electron chi connectivity index (χ3n) is 5.15. The zero-order valence-corrected chi connectivity index (χ0v) is 16.5. The van der Waals surface area contributed by atoms with Crippen molar-refractivity contribution in [1.29, 1.82) is 0 Å². The van der Waals surface area contributed by atoms with Crippen molar-refractivity contribution in [2.24, 2.45) is 5.41 Å². The number of aromatic nitrogens is 2. The van der Waals surface area contributed by atoms with Crippen LogP contribution in [0.2, 0.25) is 0 Å². The molecule has 142 valence electrons. The van der Waals surface area contributed by atoms with Gasteiger partial charge in [0.05, 0.1) is 11.9 Å². The van der Waals surface area contributed by atoms with Crippen molar-refractivity contribution < 1.29 is 9.53 Å². The summed E-state index contributed by atoms with van der Waals surface area (Å²) in [5, 5.41) is 6.92. The van der Waals surface area contributed by atoms with Crippen LogP contribution >= 0.6 is 0 Å². The van der Waals surface area contributed by atoms with Crippen LogP contribution in [0.15, 0.2) is 12.4 Å². The van der Waals surface area contributed by atoms with Gasteiger partial charge in [-0.25, -0.2) is 4.79 Å². The number of ether oxygens (including phenoxy) is 1. The number of amides is 1. The fourth-order valence-electron chi connectivity index (χ4n) is 3.65. The molecule has 0 saturated carbocycles. The van der Waals surface area contributed by atoms with E-state index in [-0.39, 0.29) is 6.09 Å². The lowest BCUT2D eigenvalue weighted by Crippen LogP contribution is -2.49. The molecule has 0 aliphatic carbocycles. The molecular weight excluding hydrogens is 316 g/mol. The van der Waals surface area contributed by atoms with E-state index in [9.17, 15) is 4.79 Å². The predicted molar refractivity (Wildman–Crippen MR) is 101 cm³/mol. The lowest BCUT2D eigenvalue weighted by Gasteiger charge is -2.47. The Morgan fingerprint density at radius 1 is 1.12 bits per heavy atom. The van der Waals surface area contributed by atoms with Crippen molar-refractivity contribution >= 4 is 11.8 Å². The quantitative estimate of drug-likeness (QED) is 0.830. The van der Waals surface area contributed by atoms with Gasteiger partial charge in [0.25, 0.3) is 0 Å². The number of hydrogen-bond donors (Lipinski definition) is 1. The van der Waals surface area contributed by atoms with E-state index >= 15 is 0 Å². The topological polar surface area (TPSA) is 61.5 Å². The number of piperidine rings is 2. The normalized spacial score (nSPS) is 20.0. The van der Waals surface area contributed by atoms with Crippen molar-refractivity contribution in [3.63, 3.8) is 0 Å². The van der Waals surface area contributed by atoms with E-state index in [1.165, 1.54) is 18.5 Å². The average Bonchev–Trinajstić information content (AvgIpc) is 3.11. The summed E-state index contributed by atoms with van der Waals surface area (Å²) in [6, 6.07) is 0. The smallest absolute Gasteiger partial charge is 0.410 e. The van der Waals surface area contributed by atoms with Gasteiger partial charge in [0.2, 0.25) is 0 Å². The van der Waals surface area contributed by atoms with Crippen LogP contribution in [0.3, 0.4) is 0 Å². The minimum Gasteiger partial charge on any atom is -0.444 e. The highest BCUT2D eigenvalue weighted by molar-refractivity contribution is 5.68. The fraction of sp³-hybridized carbons (Fsp3) is 0.789. The van der Waals surface area contributed by atoms with E-state index < -0.39 is 5.60 Å². The molecule has 0 radical (unpaired) electrons. The van der Waals surface area contributed by atoms with Crippen LogP contribution in [-0.4, -0.2) is 53.0 Å². The summed E-state index contributed by atoms with van der Waals surface area (Å²) in [5.74, 6) is 0. The van der Waals surface area contributed by atoms with Gasteiger partial charge in [-0.2, -0.15) is 5.10 Å². The second-order valence-corrected chi connectivity index (χ2v) is 7.91. The zero-order valence-electron chi connectivity index (χ0n) is 16.5. The van der Waals surface area contributed by atoms with Gasteiger partial charge < -0.3 is 14.5 Å². The van der Waals surface area contributed by atoms with Gasteiger partial charge in [0.1, 0.15) is 5.60 Å². The third-order valence-corrected chi connectivity index (χ3v) is 5.15. The largest absolute Gasteiger partial charge is 0.444 e. The van der Waals surface area contributed by atoms with Crippen LogP contribution in [0.25, 0.3) is 0 Å². The Balaban J connectivity index is 0.00000109. The Kier molecular flexibility index (Phi) is 6.36. The molecule has 0 unspecified atom stereocenters. The maximum absolute atomic E-state index is 12.2. The summed E-state index contributed by atoms with van der Waals surface area (Å²) in [7, 11) is 0. The SMILES string of the molecule is CC.CC(C)(C)OC(=O)N1CCC2(CC1)CCN(c1cn[nH]c1)CC2. The molecule has 25 heavy (non-hydrogen) atoms. The molecule has 0 aromatic carbocycles. The van der Waals surface area contributed by atoms with Crippen LogP contribution < -0.4 is 4.90 Å². The van der Waals surface area contributed by atoms with Crippen LogP contribution in [0.5, 0.6) is 0 Å². The second-order valence-electron chi connectivity index (χ2n) is 7.91. The Bertz CT molecular complexity index is 518. The summed E-state index contributed by atoms with van der Waals surface area (Å²) < 4.78 is 5.49. The zero-order chi connectivity index (χ0) is 18.5. The highest BCUT2D eigenvalue weighted by Crippen LogP contribution is 2.42. The standard InChI is InChI=1S/C17H28N4O2.C2H6/c1-16(2,3)23-15(22)21-10-6-17(7-11-21)4-8-20(9-5-17)14-12-18-19-13-14;1-2/h12-13H,4-11H2,1-3H3,(H,18,19);1-2H3. The molecule has 0 bridgehead atoms. The number of hydrogen-bond acceptors (Lipinski definition) is 4. The Hall–Kier alpha value is -1.72. The first-order chi connectivity index (χ1) is 11.9. The van der Waals surface area contributed by atoms with Gasteiger partial charge in [-0.1, -0.05) is 13.8 Å². The molecule has 0 atom stereocenters. The van der Waals surface area contributed by atoms with Crippen LogP contribution in [-0.2, 0) is 4.74 Å². The monoisotopic (exact) mass is 350 g/mol. The van der Waals surface area contributed by atoms with Crippen LogP contribution in [0.1, 0.15) is 60.3 Å². The molecule has 1 spiro atoms. The minimum atomic E-state index is -0.415. The summed E-state index contributed by atoms with van der Waals surface area (Å²) in [4.78, 5) is 16.4. The van der Waals surface area contributed by atoms with Gasteiger partial charge in [0.15, 0.2) is 0 Å². The first kappa shape index (κ1) is 19.6. The van der Waals surface area contributed by atoms with Gasteiger partial charge in [-0.05, 0) is 51.9 Å². The molecular formula is C19H34N4O2. The number of nitrogens with one attached hydrogen (secondary N) is 1. The lowest BCUT2D eigenvalue weighted by molar-refractivity contribution is 0.00666. The van der Waals surface area contributed by atoms with Crippen LogP contribution in [0.4, 0.5) is 10.5 Å². The maximum Gasteiger partial charge on any atom is 0.410 e. The third kappa shape index (κ3) is 5.13. The number of rotatable bonds is 1. The lowest BCUT2D eigenvalue weighted by atomic mass is 9.71. The molecule has 6 heteroatoms. The number of anilines is 1. The van der Waals surface area contributed by atoms with E-state index in [0.717, 1.165) is 39.0 Å². The van der Waals surface area contributed by atoms with Gasteiger partial charge in [0, 0.05) is 32.4 Å². The van der Waals surface area contributed by atoms with E-state index in [0.29, 0.717) is 5.41 Å². The molecule has 2 aliphatic heterocycles. The fourth-order valence-corrected chi connectivity index (χ4v) is 3.65. The number of carbonyl (C=O) groups is 1. The molecule has 1 aromatic rings. The number of aromatic amines is 1. The van der Waals surface area contributed by atoms with Crippen molar-refractivity contribution in [2.75, 3.05) is 31.1 Å². The van der Waals surface area contributed by atoms with E-state index in [1.807, 2.05) is 51.9 Å². The first-order valence-corrected chi connectivity index (χ1v) is 9.59. The predicted octanol–water partition coefficient (Wildman–Crippen LogP) is 4.05. The van der Waals surface area contributed by atoms with E-state index in [1.54, 1.807) is 0 Å². The number of H-pyrrole nitrogens is 1. The maximum atomic E-state index is 12.2. The summed E-state index contributed by atoms with van der Waals surface area (Å²) >= 11 is 0. The Morgan fingerprint density at radius 2 is 1.68 bits per heavy atom. The summed E-state index contributed by atoms with van der Waals surface area (Å²) in [6.07, 6.45) is 8.26. The molecule has 6 nitrogen and oxygen atoms in total. The van der Waals surface area contributed by atoms with Gasteiger partial charge in [-0.3, -0.25) is 5.10 Å². The summed E-state index contributed by atoms with van der Waals surface area (Å²) in [6.45, 7) is 13.5. The Morgan fingerprint density at radius 3 is 2.16 bits per heavy atom. The molecule has 2 fully saturated rings. The first-order valence-electron chi connectivity index (χ1n) is 9.59. The van der Waals surface area contributed by atoms with Crippen molar-refractivity contribution in [3.8, 4) is 0 Å². The van der Waals surface area contributed by atoms with Crippen LogP contribution in [0, 0.1) is 5.41 Å². The van der Waals surface area contributed by atoms with Crippen molar-refractivity contribution in [2.45, 2.75) is 65.9 Å². The van der Waals surface area contributed by atoms with Crippen molar-refractivity contribution in [1.82, 2.24) is 15.1 Å². The Labute approximate surface area is 151 Å². The van der Waals surface area contributed by atoms with Crippen molar-refractivity contribution in [3.05, 3.63) is 12.4 Å². The average molecular weight is 351 g/mol. The molecule has 3 heterocycles. The molecule has 3 rings (SSSR count). The molecule has 2 saturated heterocycles. The number of nitrogens with zero attached hydrogens (tertiary/aromatic N) is 3. The second kappa shape index (κ2) is 8.11.